The van der Waals surface area contributed by atoms with Crippen LogP contribution < -0.4 is 4.90 Å². The number of hydrogen-bond acceptors (Lipinski definition) is 4. The Hall–Kier alpha value is -3.58. The van der Waals surface area contributed by atoms with Gasteiger partial charge in [-0.1, -0.05) is 32.0 Å². The first kappa shape index (κ1) is 20.7. The van der Waals surface area contributed by atoms with E-state index in [2.05, 4.69) is 52.4 Å². The number of nitrogens with zero attached hydrogens (tertiary/aromatic N) is 3. The van der Waals surface area contributed by atoms with Crippen molar-refractivity contribution in [3.63, 3.8) is 0 Å². The van der Waals surface area contributed by atoms with Gasteiger partial charge in [-0.25, -0.2) is 0 Å². The highest BCUT2D eigenvalue weighted by atomic mass is 16.3. The van der Waals surface area contributed by atoms with E-state index < -0.39 is 0 Å². The van der Waals surface area contributed by atoms with Crippen LogP contribution in [0.1, 0.15) is 38.7 Å². The minimum atomic E-state index is 0.511. The number of pyridine rings is 1. The van der Waals surface area contributed by atoms with E-state index in [4.69, 9.17) is 4.42 Å². The van der Waals surface area contributed by atoms with Crippen molar-refractivity contribution < 1.29 is 4.42 Å². The van der Waals surface area contributed by atoms with E-state index in [1.807, 2.05) is 32.0 Å². The van der Waals surface area contributed by atoms with E-state index >= 15 is 0 Å². The lowest BCUT2D eigenvalue weighted by molar-refractivity contribution is 0.578. The van der Waals surface area contributed by atoms with Gasteiger partial charge in [-0.15, -0.1) is 0 Å². The maximum Gasteiger partial charge on any atom is 0.136 e. The lowest BCUT2D eigenvalue weighted by atomic mass is 10.0. The maximum absolute atomic E-state index is 9.30. The van der Waals surface area contributed by atoms with E-state index in [9.17, 15) is 5.26 Å². The summed E-state index contributed by atoms with van der Waals surface area (Å²) in [5, 5.41) is 11.7. The second-order valence-electron chi connectivity index (χ2n) is 7.49. The third-order valence-electron chi connectivity index (χ3n) is 5.64. The third-order valence-corrected chi connectivity index (χ3v) is 5.64. The molecule has 0 bridgehead atoms. The van der Waals surface area contributed by atoms with Crippen molar-refractivity contribution >= 4 is 16.5 Å². The van der Waals surface area contributed by atoms with E-state index in [-0.39, 0.29) is 0 Å². The number of hydrogen-bond donors (Lipinski definition) is 0. The fourth-order valence-corrected chi connectivity index (χ4v) is 4.07. The molecule has 4 heteroatoms. The second-order valence-corrected chi connectivity index (χ2v) is 7.49. The van der Waals surface area contributed by atoms with Gasteiger partial charge in [0.1, 0.15) is 17.6 Å². The van der Waals surface area contributed by atoms with Crippen LogP contribution in [0.4, 0.5) is 5.69 Å². The van der Waals surface area contributed by atoms with Crippen molar-refractivity contribution in [3.8, 4) is 28.7 Å². The summed E-state index contributed by atoms with van der Waals surface area (Å²) in [5.41, 5.74) is 3.62. The molecule has 1 aliphatic rings. The van der Waals surface area contributed by atoms with Crippen molar-refractivity contribution in [2.75, 3.05) is 18.0 Å². The Bertz CT molecular complexity index is 1210. The molecule has 1 aliphatic heterocycles. The summed E-state index contributed by atoms with van der Waals surface area (Å²) < 4.78 is 6.08. The van der Waals surface area contributed by atoms with Crippen molar-refractivity contribution in [3.05, 3.63) is 72.6 Å². The fourth-order valence-electron chi connectivity index (χ4n) is 4.07. The molecule has 1 saturated heterocycles. The van der Waals surface area contributed by atoms with Crippen LogP contribution in [0.5, 0.6) is 0 Å². The first-order valence-electron chi connectivity index (χ1n) is 11.1. The molecule has 156 valence electrons. The van der Waals surface area contributed by atoms with Gasteiger partial charge in [-0.3, -0.25) is 4.98 Å². The highest BCUT2D eigenvalue weighted by molar-refractivity contribution is 5.89. The molecule has 0 N–H and O–H groups in total. The Morgan fingerprint density at radius 2 is 1.61 bits per heavy atom. The van der Waals surface area contributed by atoms with Crippen LogP contribution in [-0.4, -0.2) is 18.1 Å². The highest BCUT2D eigenvalue weighted by Gasteiger charge is 2.13. The van der Waals surface area contributed by atoms with Gasteiger partial charge >= 0.3 is 0 Å². The molecule has 0 amide bonds. The minimum Gasteiger partial charge on any atom is -0.456 e. The molecule has 5 rings (SSSR count). The van der Waals surface area contributed by atoms with Gasteiger partial charge in [0.2, 0.25) is 0 Å². The predicted molar refractivity (Wildman–Crippen MR) is 127 cm³/mol. The summed E-state index contributed by atoms with van der Waals surface area (Å²) in [6, 6.07) is 21.0. The van der Waals surface area contributed by atoms with E-state index in [0.29, 0.717) is 11.3 Å². The number of piperidine rings is 1. The summed E-state index contributed by atoms with van der Waals surface area (Å²) in [6.07, 6.45) is 7.14. The van der Waals surface area contributed by atoms with Crippen molar-refractivity contribution in [1.82, 2.24) is 4.98 Å². The molecule has 0 aliphatic carbocycles. The quantitative estimate of drug-likeness (QED) is 0.364. The van der Waals surface area contributed by atoms with Crippen molar-refractivity contribution in [1.29, 1.82) is 5.26 Å². The Labute approximate surface area is 183 Å². The molecule has 1 fully saturated rings. The van der Waals surface area contributed by atoms with Gasteiger partial charge in [0.15, 0.2) is 0 Å². The molecule has 4 nitrogen and oxygen atoms in total. The summed E-state index contributed by atoms with van der Waals surface area (Å²) >= 11 is 0. The maximum atomic E-state index is 9.30. The third kappa shape index (κ3) is 4.32. The number of furan rings is 1. The Kier molecular flexibility index (Phi) is 6.33. The Morgan fingerprint density at radius 1 is 0.871 bits per heavy atom. The van der Waals surface area contributed by atoms with Gasteiger partial charge < -0.3 is 9.32 Å². The number of aromatic nitrogens is 1. The second kappa shape index (κ2) is 9.49. The van der Waals surface area contributed by atoms with Gasteiger partial charge in [0, 0.05) is 42.3 Å². The van der Waals surface area contributed by atoms with Gasteiger partial charge in [-0.05, 0) is 66.4 Å². The molecule has 2 aromatic carbocycles. The van der Waals surface area contributed by atoms with Crippen LogP contribution in [0.25, 0.3) is 33.4 Å². The topological polar surface area (TPSA) is 53.1 Å². The van der Waals surface area contributed by atoms with E-state index in [1.165, 1.54) is 35.7 Å². The van der Waals surface area contributed by atoms with Crippen LogP contribution >= 0.6 is 0 Å². The summed E-state index contributed by atoms with van der Waals surface area (Å²) in [7, 11) is 0. The van der Waals surface area contributed by atoms with E-state index in [1.54, 1.807) is 12.4 Å². The average molecular weight is 410 g/mol. The predicted octanol–water partition coefficient (Wildman–Crippen LogP) is 7.05. The zero-order valence-electron chi connectivity index (χ0n) is 18.1. The van der Waals surface area contributed by atoms with Gasteiger partial charge in [-0.2, -0.15) is 5.26 Å². The first-order chi connectivity index (χ1) is 15.3. The van der Waals surface area contributed by atoms with Gasteiger partial charge in [0.05, 0.1) is 5.56 Å². The number of fused-ring (bicyclic) bond motifs is 1. The summed E-state index contributed by atoms with van der Waals surface area (Å²) in [5.74, 6) is 1.47. The lowest BCUT2D eigenvalue weighted by Gasteiger charge is -2.29. The van der Waals surface area contributed by atoms with Crippen LogP contribution in [0.15, 0.2) is 71.4 Å². The molecule has 0 unspecified atom stereocenters. The van der Waals surface area contributed by atoms with Crippen molar-refractivity contribution in [2.24, 2.45) is 0 Å². The Balaban J connectivity index is 0.00000112. The standard InChI is InChI=1S/C25H21N3O.C2H6/c26-16-21-17-27-11-10-23(21)25-9-8-24(29-25)20-5-4-19-15-22(7-6-18(19)14-20)28-12-2-1-3-13-28;1-2/h4-11,14-15,17H,1-3,12-13H2;1-2H3. The number of nitriles is 1. The molecule has 0 saturated carbocycles. The van der Waals surface area contributed by atoms with Crippen LogP contribution in [0.3, 0.4) is 0 Å². The molecule has 2 aromatic heterocycles. The molecular formula is C27H27N3O. The number of benzene rings is 2. The fraction of sp³-hybridized carbons (Fsp3) is 0.259. The molecule has 0 atom stereocenters. The first-order valence-corrected chi connectivity index (χ1v) is 11.1. The molecule has 31 heavy (non-hydrogen) atoms. The van der Waals surface area contributed by atoms with Crippen LogP contribution in [0.2, 0.25) is 0 Å². The zero-order chi connectivity index (χ0) is 21.6. The molecule has 0 spiro atoms. The Morgan fingerprint density at radius 3 is 2.42 bits per heavy atom. The van der Waals surface area contributed by atoms with Crippen LogP contribution in [-0.2, 0) is 0 Å². The average Bonchev–Trinajstić information content (AvgIpc) is 3.35. The van der Waals surface area contributed by atoms with Crippen LogP contribution in [0, 0.1) is 11.3 Å². The SMILES string of the molecule is CC.N#Cc1cnccc1-c1ccc(-c2ccc3cc(N4CCCCC4)ccc3c2)o1. The molecule has 3 heterocycles. The van der Waals surface area contributed by atoms with E-state index in [0.717, 1.165) is 30.0 Å². The minimum absolute atomic E-state index is 0.511. The number of anilines is 1. The monoisotopic (exact) mass is 409 g/mol. The molecule has 4 aromatic rings. The highest BCUT2D eigenvalue weighted by Crippen LogP contribution is 2.32. The smallest absolute Gasteiger partial charge is 0.136 e. The normalized spacial score (nSPS) is 13.4. The zero-order valence-corrected chi connectivity index (χ0v) is 18.1. The largest absolute Gasteiger partial charge is 0.456 e. The number of rotatable bonds is 3. The molecular weight excluding hydrogens is 382 g/mol. The summed E-state index contributed by atoms with van der Waals surface area (Å²) in [6.45, 7) is 6.30. The van der Waals surface area contributed by atoms with Gasteiger partial charge in [0.25, 0.3) is 0 Å². The van der Waals surface area contributed by atoms with Crippen molar-refractivity contribution in [2.45, 2.75) is 33.1 Å². The molecule has 0 radical (unpaired) electrons. The lowest BCUT2D eigenvalue weighted by Crippen LogP contribution is -2.29. The summed E-state index contributed by atoms with van der Waals surface area (Å²) in [4.78, 5) is 6.50.